The molecule has 0 unspecified atom stereocenters. The average Bonchev–Trinajstić information content (AvgIpc) is 3.30. The van der Waals surface area contributed by atoms with Gasteiger partial charge in [0.25, 0.3) is 0 Å². The molecule has 1 aromatic rings. The largest absolute Gasteiger partial charge is 0.453 e. The van der Waals surface area contributed by atoms with Gasteiger partial charge in [-0.1, -0.05) is 0 Å². The number of halogens is 4. The Morgan fingerprint density at radius 3 is 2.76 bits per heavy atom. The number of ether oxygens (including phenoxy) is 3. The Labute approximate surface area is 185 Å². The van der Waals surface area contributed by atoms with Crippen LogP contribution in [0.2, 0.25) is 0 Å². The maximum atomic E-state index is 14.5. The number of benzene rings is 1. The Hall–Kier alpha value is -2.91. The minimum Gasteiger partial charge on any atom is -0.453 e. The summed E-state index contributed by atoms with van der Waals surface area (Å²) in [6.45, 7) is 1.83. The Bertz CT molecular complexity index is 1100. The molecular formula is C21H19F4N3O5. The number of rotatable bonds is 2. The van der Waals surface area contributed by atoms with Crippen LogP contribution in [0.1, 0.15) is 30.9 Å². The number of alkyl carbamates (subject to hydrolysis) is 1. The van der Waals surface area contributed by atoms with E-state index < -0.39 is 70.4 Å². The van der Waals surface area contributed by atoms with Gasteiger partial charge in [0.1, 0.15) is 23.7 Å². The fraction of sp³-hybridized carbons (Fsp3) is 0.571. The first kappa shape index (κ1) is 21.9. The van der Waals surface area contributed by atoms with Gasteiger partial charge in [0.05, 0.1) is 48.4 Å². The van der Waals surface area contributed by atoms with Crippen molar-refractivity contribution >= 4 is 17.7 Å². The van der Waals surface area contributed by atoms with Gasteiger partial charge in [0, 0.05) is 18.5 Å². The molecule has 0 saturated carbocycles. The maximum Gasteiger partial charge on any atom is 0.417 e. The molecule has 4 fully saturated rings. The SMILES string of the molecule is COC(=O)N[C@@H]1C[C@@]2(C)O[C@@]13CCO[C@H]1[C@@H]3[C@@H]2C(=O)N1c1cc(F)c(C#N)c(C(F)(F)F)c1. The number of carbonyl (C=O) groups excluding carboxylic acids is 2. The van der Waals surface area contributed by atoms with Crippen molar-refractivity contribution in [2.45, 2.75) is 49.4 Å². The Morgan fingerprint density at radius 2 is 2.12 bits per heavy atom. The van der Waals surface area contributed by atoms with E-state index in [-0.39, 0.29) is 12.3 Å². The lowest BCUT2D eigenvalue weighted by atomic mass is 9.64. The van der Waals surface area contributed by atoms with E-state index in [0.29, 0.717) is 18.9 Å². The number of methoxy groups -OCH3 is 1. The highest BCUT2D eigenvalue weighted by molar-refractivity contribution is 6.00. The number of hydrogen-bond acceptors (Lipinski definition) is 6. The number of carbonyl (C=O) groups is 2. The lowest BCUT2D eigenvalue weighted by molar-refractivity contribution is -0.144. The van der Waals surface area contributed by atoms with Crippen LogP contribution < -0.4 is 10.2 Å². The van der Waals surface area contributed by atoms with Crippen molar-refractivity contribution in [3.05, 3.63) is 29.1 Å². The van der Waals surface area contributed by atoms with E-state index >= 15 is 0 Å². The van der Waals surface area contributed by atoms with Crippen LogP contribution in [-0.4, -0.2) is 49.2 Å². The summed E-state index contributed by atoms with van der Waals surface area (Å²) < 4.78 is 72.0. The normalized spacial score (nSPS) is 36.5. The quantitative estimate of drug-likeness (QED) is 0.669. The van der Waals surface area contributed by atoms with Crippen LogP contribution in [0.5, 0.6) is 0 Å². The first-order valence-electron chi connectivity index (χ1n) is 10.3. The topological polar surface area (TPSA) is 101 Å². The molecule has 2 amide bonds. The van der Waals surface area contributed by atoms with E-state index in [2.05, 4.69) is 5.32 Å². The van der Waals surface area contributed by atoms with Gasteiger partial charge in [-0.05, 0) is 19.1 Å². The van der Waals surface area contributed by atoms with Gasteiger partial charge in [-0.2, -0.15) is 18.4 Å². The van der Waals surface area contributed by atoms with Gasteiger partial charge in [0.2, 0.25) is 5.91 Å². The van der Waals surface area contributed by atoms with Gasteiger partial charge >= 0.3 is 12.3 Å². The number of fused-ring (bicyclic) bond motifs is 2. The van der Waals surface area contributed by atoms with Gasteiger partial charge < -0.3 is 19.5 Å². The second-order valence-electron chi connectivity index (χ2n) is 8.95. The summed E-state index contributed by atoms with van der Waals surface area (Å²) in [6, 6.07) is 2.08. The van der Waals surface area contributed by atoms with Crippen molar-refractivity contribution in [1.82, 2.24) is 5.32 Å². The molecule has 4 aliphatic heterocycles. The van der Waals surface area contributed by atoms with Crippen molar-refractivity contribution in [2.75, 3.05) is 18.6 Å². The van der Waals surface area contributed by atoms with E-state index in [1.54, 1.807) is 6.92 Å². The van der Waals surface area contributed by atoms with Crippen molar-refractivity contribution in [3.8, 4) is 6.07 Å². The smallest absolute Gasteiger partial charge is 0.417 e. The summed E-state index contributed by atoms with van der Waals surface area (Å²) in [5, 5.41) is 11.8. The highest BCUT2D eigenvalue weighted by atomic mass is 19.4. The molecule has 0 aromatic heterocycles. The molecule has 1 aromatic carbocycles. The van der Waals surface area contributed by atoms with Gasteiger partial charge in [0.15, 0.2) is 0 Å². The van der Waals surface area contributed by atoms with E-state index in [1.807, 2.05) is 0 Å². The second-order valence-corrected chi connectivity index (χ2v) is 8.95. The standard InChI is InChI=1S/C21H19F4N3O5/c1-19-7-13(27-18(30)31-2)20(33-19)3-4-32-17-15(20)14(19)16(29)28(17)9-5-11(21(23,24)25)10(8-26)12(22)6-9/h5-6,13-15,17H,3-4,7H2,1-2H3,(H,27,30)/t13-,14-,15+,17+,19-,20+/m1/s1. The molecule has 4 heterocycles. The summed E-state index contributed by atoms with van der Waals surface area (Å²) >= 11 is 0. The number of hydrogen-bond donors (Lipinski definition) is 1. The van der Waals surface area contributed by atoms with E-state index in [1.165, 1.54) is 13.2 Å². The first-order valence-corrected chi connectivity index (χ1v) is 10.3. The molecule has 33 heavy (non-hydrogen) atoms. The van der Waals surface area contributed by atoms with Gasteiger partial charge in [-0.25, -0.2) is 9.18 Å². The van der Waals surface area contributed by atoms with Crippen LogP contribution >= 0.6 is 0 Å². The second kappa shape index (κ2) is 6.80. The van der Waals surface area contributed by atoms with Gasteiger partial charge in [-0.3, -0.25) is 9.69 Å². The van der Waals surface area contributed by atoms with Crippen molar-refractivity contribution in [3.63, 3.8) is 0 Å². The monoisotopic (exact) mass is 469 g/mol. The van der Waals surface area contributed by atoms with Crippen molar-refractivity contribution < 1.29 is 41.4 Å². The van der Waals surface area contributed by atoms with E-state index in [0.717, 1.165) is 11.0 Å². The zero-order valence-electron chi connectivity index (χ0n) is 17.5. The predicted molar refractivity (Wildman–Crippen MR) is 101 cm³/mol. The zero-order valence-corrected chi connectivity index (χ0v) is 17.5. The zero-order chi connectivity index (χ0) is 23.9. The molecule has 1 N–H and O–H groups in total. The Kier molecular flexibility index (Phi) is 4.52. The minimum atomic E-state index is -5.00. The third kappa shape index (κ3) is 2.81. The lowest BCUT2D eigenvalue weighted by Crippen LogP contribution is -2.61. The third-order valence-corrected chi connectivity index (χ3v) is 7.30. The predicted octanol–water partition coefficient (Wildman–Crippen LogP) is 2.70. The van der Waals surface area contributed by atoms with Crippen LogP contribution in [0.3, 0.4) is 0 Å². The Morgan fingerprint density at radius 1 is 1.39 bits per heavy atom. The number of anilines is 1. The summed E-state index contributed by atoms with van der Waals surface area (Å²) in [4.78, 5) is 26.5. The molecular weight excluding hydrogens is 450 g/mol. The van der Waals surface area contributed by atoms with Crippen molar-refractivity contribution in [1.29, 1.82) is 5.26 Å². The first-order chi connectivity index (χ1) is 15.5. The molecule has 2 bridgehead atoms. The molecule has 6 atom stereocenters. The number of amides is 2. The van der Waals surface area contributed by atoms with Crippen LogP contribution in [0, 0.1) is 29.0 Å². The molecule has 0 radical (unpaired) electrons. The van der Waals surface area contributed by atoms with E-state index in [9.17, 15) is 27.2 Å². The highest BCUT2D eigenvalue weighted by Crippen LogP contribution is 2.65. The molecule has 176 valence electrons. The average molecular weight is 469 g/mol. The number of nitrogens with zero attached hydrogens (tertiary/aromatic N) is 2. The Balaban J connectivity index is 1.60. The summed E-state index contributed by atoms with van der Waals surface area (Å²) in [5.41, 5.74) is -4.95. The fourth-order valence-electron chi connectivity index (χ4n) is 6.16. The van der Waals surface area contributed by atoms with Crippen LogP contribution in [0.15, 0.2) is 12.1 Å². The van der Waals surface area contributed by atoms with Crippen LogP contribution in [0.25, 0.3) is 0 Å². The number of nitriles is 1. The molecule has 4 saturated heterocycles. The van der Waals surface area contributed by atoms with Crippen LogP contribution in [0.4, 0.5) is 28.0 Å². The molecule has 4 aliphatic rings. The fourth-order valence-corrected chi connectivity index (χ4v) is 6.16. The van der Waals surface area contributed by atoms with Gasteiger partial charge in [-0.15, -0.1) is 0 Å². The van der Waals surface area contributed by atoms with Crippen LogP contribution in [-0.2, 0) is 25.2 Å². The number of alkyl halides is 3. The summed E-state index contributed by atoms with van der Waals surface area (Å²) in [6.07, 6.45) is -6.04. The molecule has 12 heteroatoms. The maximum absolute atomic E-state index is 14.5. The summed E-state index contributed by atoms with van der Waals surface area (Å²) in [7, 11) is 1.22. The minimum absolute atomic E-state index is 0.109. The lowest BCUT2D eigenvalue weighted by Gasteiger charge is -2.45. The van der Waals surface area contributed by atoms with Crippen molar-refractivity contribution in [2.24, 2.45) is 11.8 Å². The van der Waals surface area contributed by atoms with E-state index in [4.69, 9.17) is 19.5 Å². The molecule has 8 nitrogen and oxygen atoms in total. The molecule has 0 aliphatic carbocycles. The molecule has 5 rings (SSSR count). The third-order valence-electron chi connectivity index (χ3n) is 7.30. The number of nitrogens with one attached hydrogen (secondary N) is 1. The highest BCUT2D eigenvalue weighted by Gasteiger charge is 2.78. The summed E-state index contributed by atoms with van der Waals surface area (Å²) in [5.74, 6) is -3.29. The molecule has 1 spiro atoms.